The Kier molecular flexibility index (Phi) is 9.69. The summed E-state index contributed by atoms with van der Waals surface area (Å²) in [6, 6.07) is 34.0. The van der Waals surface area contributed by atoms with Gasteiger partial charge in [-0.05, 0) is 52.9 Å². The van der Waals surface area contributed by atoms with Crippen molar-refractivity contribution in [2.45, 2.75) is 30.9 Å². The fraction of sp³-hybridized carbons (Fsp3) is 0.235. The van der Waals surface area contributed by atoms with Gasteiger partial charge >= 0.3 is 0 Å². The Balaban J connectivity index is 1.54. The maximum Gasteiger partial charge on any atom is 0.252 e. The summed E-state index contributed by atoms with van der Waals surface area (Å²) in [5, 5.41) is 16.1. The van der Waals surface area contributed by atoms with Crippen LogP contribution < -0.4 is 10.1 Å². The first-order valence-electron chi connectivity index (χ1n) is 14.2. The number of azide groups is 1. The molecule has 0 aromatic heterocycles. The maximum absolute atomic E-state index is 14.4. The first-order chi connectivity index (χ1) is 21.1. The van der Waals surface area contributed by atoms with E-state index in [0.717, 1.165) is 11.1 Å². The largest absolute Gasteiger partial charge is 0.494 e. The van der Waals surface area contributed by atoms with Crippen LogP contribution in [-0.4, -0.2) is 42.2 Å². The molecule has 2 N–H and O–H groups in total. The molecule has 9 nitrogen and oxygen atoms in total. The van der Waals surface area contributed by atoms with Crippen molar-refractivity contribution in [1.29, 1.82) is 0 Å². The summed E-state index contributed by atoms with van der Waals surface area (Å²) in [6.07, 6.45) is 0.587. The molecule has 218 valence electrons. The van der Waals surface area contributed by atoms with Crippen LogP contribution in [0.1, 0.15) is 34.8 Å². The van der Waals surface area contributed by atoms with Crippen molar-refractivity contribution in [3.05, 3.63) is 142 Å². The lowest BCUT2D eigenvalue weighted by atomic mass is 9.81. The van der Waals surface area contributed by atoms with E-state index in [1.165, 1.54) is 0 Å². The molecule has 43 heavy (non-hydrogen) atoms. The average Bonchev–Trinajstić information content (AvgIpc) is 3.44. The first kappa shape index (κ1) is 29.4. The molecule has 0 saturated carbocycles. The van der Waals surface area contributed by atoms with Crippen LogP contribution >= 0.6 is 0 Å². The lowest BCUT2D eigenvalue weighted by Gasteiger charge is -2.31. The summed E-state index contributed by atoms with van der Waals surface area (Å²) >= 11 is 0. The molecule has 2 atom stereocenters. The number of nitrogens with one attached hydrogen (secondary N) is 1. The molecule has 0 unspecified atom stereocenters. The highest BCUT2D eigenvalue weighted by molar-refractivity contribution is 6.01. The zero-order valence-electron chi connectivity index (χ0n) is 23.7. The predicted octanol–water partition coefficient (Wildman–Crippen LogP) is 6.25. The van der Waals surface area contributed by atoms with E-state index in [4.69, 9.17) is 19.6 Å². The van der Waals surface area contributed by atoms with Gasteiger partial charge in [-0.3, -0.25) is 4.79 Å². The minimum atomic E-state index is -1.40. The van der Waals surface area contributed by atoms with Gasteiger partial charge in [0.05, 0.1) is 6.61 Å². The van der Waals surface area contributed by atoms with Crippen LogP contribution in [0.15, 0.2) is 119 Å². The number of aliphatic hydroxyl groups excluding tert-OH is 1. The Bertz CT molecular complexity index is 1590. The number of aliphatic hydroxyl groups is 1. The van der Waals surface area contributed by atoms with Crippen molar-refractivity contribution in [3.63, 3.8) is 0 Å². The second-order valence-electron chi connectivity index (χ2n) is 10.2. The number of rotatable bonds is 13. The lowest BCUT2D eigenvalue weighted by Crippen LogP contribution is -2.50. The standard InChI is InChI=1S/C34H33N5O4/c35-39-38-30-15-8-7-14-28(30)24-34(33(41)36-21-20-25-10-3-1-4-11-25)31(26-12-5-2-6-13-26)43-32(37-34)27-16-18-29(19-17-27)42-23-9-22-40/h1-8,10-19,31,40H,9,20-24H2,(H,36,41)/t31-,34-/m1/s1. The fourth-order valence-corrected chi connectivity index (χ4v) is 5.12. The lowest BCUT2D eigenvalue weighted by molar-refractivity contribution is -0.128. The molecule has 0 fully saturated rings. The number of aliphatic imine (C=N–C) groups is 1. The van der Waals surface area contributed by atoms with Gasteiger partial charge in [-0.25, -0.2) is 4.99 Å². The number of amides is 1. The Hall–Kier alpha value is -5.11. The van der Waals surface area contributed by atoms with E-state index < -0.39 is 11.6 Å². The molecular weight excluding hydrogens is 542 g/mol. The van der Waals surface area contributed by atoms with Crippen molar-refractivity contribution in [3.8, 4) is 5.75 Å². The van der Waals surface area contributed by atoms with Gasteiger partial charge in [0.2, 0.25) is 5.90 Å². The van der Waals surface area contributed by atoms with Crippen molar-refractivity contribution in [1.82, 2.24) is 5.32 Å². The Morgan fingerprint density at radius 3 is 2.40 bits per heavy atom. The zero-order chi connectivity index (χ0) is 29.9. The molecule has 4 aromatic rings. The molecule has 1 aliphatic rings. The number of benzene rings is 4. The van der Waals surface area contributed by atoms with Gasteiger partial charge in [-0.15, -0.1) is 0 Å². The van der Waals surface area contributed by atoms with Crippen molar-refractivity contribution in [2.24, 2.45) is 10.1 Å². The predicted molar refractivity (Wildman–Crippen MR) is 165 cm³/mol. The number of hydrogen-bond donors (Lipinski definition) is 2. The van der Waals surface area contributed by atoms with Crippen LogP contribution in [0.2, 0.25) is 0 Å². The fourth-order valence-electron chi connectivity index (χ4n) is 5.12. The van der Waals surface area contributed by atoms with Gasteiger partial charge < -0.3 is 19.9 Å². The third-order valence-corrected chi connectivity index (χ3v) is 7.28. The quantitative estimate of drug-likeness (QED) is 0.0845. The smallest absolute Gasteiger partial charge is 0.252 e. The number of carbonyl (C=O) groups is 1. The van der Waals surface area contributed by atoms with Gasteiger partial charge in [-0.1, -0.05) is 90.0 Å². The van der Waals surface area contributed by atoms with Gasteiger partial charge in [-0.2, -0.15) is 0 Å². The summed E-state index contributed by atoms with van der Waals surface area (Å²) in [7, 11) is 0. The molecule has 0 radical (unpaired) electrons. The molecule has 1 aliphatic heterocycles. The highest BCUT2D eigenvalue weighted by atomic mass is 16.5. The number of carbonyl (C=O) groups excluding carboxylic acids is 1. The van der Waals surface area contributed by atoms with E-state index >= 15 is 0 Å². The van der Waals surface area contributed by atoms with Crippen LogP contribution in [0.25, 0.3) is 10.4 Å². The summed E-state index contributed by atoms with van der Waals surface area (Å²) in [4.78, 5) is 22.4. The summed E-state index contributed by atoms with van der Waals surface area (Å²) in [5.41, 5.74) is 11.5. The van der Waals surface area contributed by atoms with Crippen molar-refractivity contribution >= 4 is 17.5 Å². The van der Waals surface area contributed by atoms with Crippen LogP contribution in [0.5, 0.6) is 5.75 Å². The van der Waals surface area contributed by atoms with E-state index in [0.29, 0.717) is 54.5 Å². The summed E-state index contributed by atoms with van der Waals surface area (Å²) < 4.78 is 12.2. The van der Waals surface area contributed by atoms with Crippen LogP contribution in [-0.2, 0) is 22.4 Å². The highest BCUT2D eigenvalue weighted by Gasteiger charge is 2.53. The van der Waals surface area contributed by atoms with Gasteiger partial charge in [0.15, 0.2) is 11.6 Å². The molecule has 0 aliphatic carbocycles. The van der Waals surface area contributed by atoms with E-state index in [1.54, 1.807) is 12.1 Å². The molecule has 9 heteroatoms. The normalized spacial score (nSPS) is 17.3. The monoisotopic (exact) mass is 575 g/mol. The molecule has 0 saturated heterocycles. The second-order valence-corrected chi connectivity index (χ2v) is 10.2. The first-order valence-corrected chi connectivity index (χ1v) is 14.2. The van der Waals surface area contributed by atoms with Gasteiger partial charge in [0.1, 0.15) is 5.75 Å². The number of hydrogen-bond acceptors (Lipinski definition) is 6. The van der Waals surface area contributed by atoms with Gasteiger partial charge in [0.25, 0.3) is 5.91 Å². The minimum absolute atomic E-state index is 0.0574. The summed E-state index contributed by atoms with van der Waals surface area (Å²) in [6.45, 7) is 0.872. The third-order valence-electron chi connectivity index (χ3n) is 7.28. The van der Waals surface area contributed by atoms with Crippen molar-refractivity contribution in [2.75, 3.05) is 19.8 Å². The molecule has 4 aromatic carbocycles. The van der Waals surface area contributed by atoms with E-state index in [-0.39, 0.29) is 18.9 Å². The van der Waals surface area contributed by atoms with E-state index in [1.807, 2.05) is 97.1 Å². The van der Waals surface area contributed by atoms with Gasteiger partial charge in [0, 0.05) is 42.2 Å². The Morgan fingerprint density at radius 2 is 1.67 bits per heavy atom. The summed E-state index contributed by atoms with van der Waals surface area (Å²) in [5.74, 6) is 0.700. The SMILES string of the molecule is [N-]=[N+]=Nc1ccccc1C[C@@]1(C(=O)NCCc2ccccc2)N=C(c2ccc(OCCCO)cc2)O[C@@H]1c1ccccc1. The Labute approximate surface area is 250 Å². The van der Waals surface area contributed by atoms with Crippen LogP contribution in [0.3, 0.4) is 0 Å². The molecule has 1 heterocycles. The number of ether oxygens (including phenoxy) is 2. The average molecular weight is 576 g/mol. The molecular formula is C34H33N5O4. The van der Waals surface area contributed by atoms with Crippen LogP contribution in [0, 0.1) is 0 Å². The zero-order valence-corrected chi connectivity index (χ0v) is 23.7. The van der Waals surface area contributed by atoms with E-state index in [2.05, 4.69) is 15.3 Å². The molecule has 5 rings (SSSR count). The maximum atomic E-state index is 14.4. The van der Waals surface area contributed by atoms with Crippen molar-refractivity contribution < 1.29 is 19.4 Å². The molecule has 1 amide bonds. The van der Waals surface area contributed by atoms with Crippen LogP contribution in [0.4, 0.5) is 5.69 Å². The Morgan fingerprint density at radius 1 is 0.977 bits per heavy atom. The topological polar surface area (TPSA) is 129 Å². The second kappa shape index (κ2) is 14.2. The highest BCUT2D eigenvalue weighted by Crippen LogP contribution is 2.43. The third kappa shape index (κ3) is 7.04. The molecule has 0 bridgehead atoms. The number of nitrogens with zero attached hydrogens (tertiary/aromatic N) is 4. The minimum Gasteiger partial charge on any atom is -0.494 e. The molecule has 0 spiro atoms. The van der Waals surface area contributed by atoms with E-state index in [9.17, 15) is 10.3 Å².